The number of carbonyl (C=O) groups excluding carboxylic acids is 2. The summed E-state index contributed by atoms with van der Waals surface area (Å²) >= 11 is 0. The number of H-pyrrole nitrogens is 3. The number of hydrogen-bond acceptors (Lipinski definition) is 12. The van der Waals surface area contributed by atoms with Crippen molar-refractivity contribution in [1.82, 2.24) is 71.7 Å². The molecule has 2 amide bonds. The number of rotatable bonds is 5. The molecule has 0 bridgehead atoms. The molecule has 1 saturated heterocycles. The monoisotopic (exact) mass is 635 g/mol. The Morgan fingerprint density at radius 3 is 2.02 bits per heavy atom. The third-order valence-electron chi connectivity index (χ3n) is 7.15. The molecule has 47 heavy (non-hydrogen) atoms. The Bertz CT molecular complexity index is 1880. The highest BCUT2D eigenvalue weighted by atomic mass is 16.2. The molecule has 7 rings (SSSR count). The van der Waals surface area contributed by atoms with E-state index in [4.69, 9.17) is 0 Å². The number of fused-ring (bicyclic) bond motifs is 1. The van der Waals surface area contributed by atoms with Gasteiger partial charge in [0.05, 0.1) is 0 Å². The van der Waals surface area contributed by atoms with Gasteiger partial charge in [0.25, 0.3) is 11.9 Å². The van der Waals surface area contributed by atoms with E-state index in [1.807, 2.05) is 47.4 Å². The number of aromatic nitrogens is 12. The quantitative estimate of drug-likeness (QED) is 0.201. The summed E-state index contributed by atoms with van der Waals surface area (Å²) in [6, 6.07) is 19.7. The van der Waals surface area contributed by atoms with E-state index < -0.39 is 0 Å². The Labute approximate surface area is 268 Å². The van der Waals surface area contributed by atoms with E-state index in [2.05, 4.69) is 104 Å². The van der Waals surface area contributed by atoms with Gasteiger partial charge < -0.3 is 9.80 Å². The number of nitrogens with one attached hydrogen (secondary N) is 4. The van der Waals surface area contributed by atoms with Crippen LogP contribution in [0.4, 0.5) is 5.95 Å². The Kier molecular flexibility index (Phi) is 10.7. The molecule has 17 heteroatoms. The number of benzene rings is 3. The van der Waals surface area contributed by atoms with Crippen LogP contribution < -0.4 is 5.32 Å². The summed E-state index contributed by atoms with van der Waals surface area (Å²) in [5.41, 5.74) is 3.80. The van der Waals surface area contributed by atoms with Crippen LogP contribution in [0.1, 0.15) is 22.8 Å². The topological polar surface area (TPSA) is 216 Å². The molecule has 4 N–H and O–H groups in total. The van der Waals surface area contributed by atoms with Crippen molar-refractivity contribution < 1.29 is 9.59 Å². The maximum absolute atomic E-state index is 12.4. The molecule has 17 nitrogen and oxygen atoms in total. The molecule has 1 fully saturated rings. The smallest absolute Gasteiger partial charge is 0.270 e. The van der Waals surface area contributed by atoms with Crippen molar-refractivity contribution in [3.8, 4) is 22.8 Å². The zero-order valence-electron chi connectivity index (χ0n) is 26.0. The van der Waals surface area contributed by atoms with Crippen LogP contribution in [0, 0.1) is 6.92 Å². The van der Waals surface area contributed by atoms with Gasteiger partial charge in [0, 0.05) is 42.9 Å². The maximum Gasteiger partial charge on any atom is 0.270 e. The van der Waals surface area contributed by atoms with E-state index >= 15 is 0 Å². The minimum Gasteiger partial charge on any atom is -0.336 e. The maximum atomic E-state index is 12.4. The van der Waals surface area contributed by atoms with Crippen molar-refractivity contribution in [2.75, 3.05) is 38.5 Å². The predicted molar refractivity (Wildman–Crippen MR) is 172 cm³/mol. The minimum atomic E-state index is -0.270. The molecule has 6 aromatic rings. The fourth-order valence-electron chi connectivity index (χ4n) is 4.68. The molecule has 4 heterocycles. The number of likely N-dealkylation sites (N-methyl/N-ethyl adjacent to an activating group) is 1. The number of amides is 2. The highest BCUT2D eigenvalue weighted by Crippen LogP contribution is 2.27. The lowest BCUT2D eigenvalue weighted by atomic mass is 10.0. The van der Waals surface area contributed by atoms with Crippen LogP contribution in [0.2, 0.25) is 0 Å². The highest BCUT2D eigenvalue weighted by molar-refractivity contribution is 5.98. The van der Waals surface area contributed by atoms with Crippen molar-refractivity contribution >= 4 is 28.5 Å². The van der Waals surface area contributed by atoms with Crippen LogP contribution >= 0.6 is 0 Å². The summed E-state index contributed by atoms with van der Waals surface area (Å²) in [6.07, 6.45) is 2.99. The van der Waals surface area contributed by atoms with Gasteiger partial charge in [-0.15, -0.1) is 25.5 Å². The molecule has 0 aliphatic carbocycles. The average Bonchev–Trinajstić information content (AvgIpc) is 3.91. The standard InChI is InChI=1S/C13H16N6O.C12H10N4.C5H7N5O/c1-18-6-8-19(9-7-18)13(20)11-4-2-10(3-5-11)12-14-16-17-15-12;1-8-6-7-11(12-13-15-16-14-12)10-5-3-2-4-9(8)10;1-2-3-4(11)6-5-7-9-10-8-5/h2-5H,6-9H2,1H3,(H,14,15,16,17);2-7H,1H3,(H,13,14,15,16);2-3H,1H3,(H2,6,7,8,9,10,11)/b;;3-2+. The highest BCUT2D eigenvalue weighted by Gasteiger charge is 2.20. The molecule has 240 valence electrons. The number of aryl methyl sites for hydroxylation is 1. The zero-order valence-corrected chi connectivity index (χ0v) is 26.0. The number of allylic oxidation sites excluding steroid dienone is 1. The summed E-state index contributed by atoms with van der Waals surface area (Å²) in [5.74, 6) is 1.15. The van der Waals surface area contributed by atoms with Gasteiger partial charge in [-0.25, -0.2) is 0 Å². The molecular formula is C30H33N15O2. The van der Waals surface area contributed by atoms with Gasteiger partial charge in [0.2, 0.25) is 17.6 Å². The lowest BCUT2D eigenvalue weighted by Crippen LogP contribution is -2.47. The number of tetrazole rings is 3. The van der Waals surface area contributed by atoms with E-state index in [1.165, 1.54) is 17.0 Å². The van der Waals surface area contributed by atoms with Crippen molar-refractivity contribution in [3.63, 3.8) is 0 Å². The first-order chi connectivity index (χ1) is 22.9. The second-order valence-corrected chi connectivity index (χ2v) is 10.3. The van der Waals surface area contributed by atoms with Crippen LogP contribution in [-0.4, -0.2) is 117 Å². The normalized spacial score (nSPS) is 13.0. The predicted octanol–water partition coefficient (Wildman–Crippen LogP) is 2.30. The number of nitrogens with zero attached hydrogens (tertiary/aromatic N) is 11. The third kappa shape index (κ3) is 8.49. The minimum absolute atomic E-state index is 0.0813. The Morgan fingerprint density at radius 1 is 0.766 bits per heavy atom. The molecule has 3 aromatic heterocycles. The van der Waals surface area contributed by atoms with E-state index in [9.17, 15) is 9.59 Å². The van der Waals surface area contributed by atoms with E-state index in [-0.39, 0.29) is 17.8 Å². The van der Waals surface area contributed by atoms with Crippen LogP contribution in [0.3, 0.4) is 0 Å². The molecule has 0 atom stereocenters. The first-order valence-electron chi connectivity index (χ1n) is 14.6. The van der Waals surface area contributed by atoms with E-state index in [0.717, 1.165) is 42.7 Å². The fourth-order valence-corrected chi connectivity index (χ4v) is 4.68. The van der Waals surface area contributed by atoms with Crippen molar-refractivity contribution in [2.24, 2.45) is 0 Å². The SMILES string of the molecule is C/C=C/C(=O)Nc1nn[nH]n1.CN1CCN(C(=O)c2ccc(-c3nn[nH]n3)cc2)CC1.Cc1ccc(-c2nn[nH]n2)c2ccccc12. The van der Waals surface area contributed by atoms with Crippen molar-refractivity contribution in [1.29, 1.82) is 0 Å². The Morgan fingerprint density at radius 2 is 1.40 bits per heavy atom. The number of piperazine rings is 1. The van der Waals surface area contributed by atoms with Crippen molar-refractivity contribution in [3.05, 3.63) is 83.9 Å². The van der Waals surface area contributed by atoms with Crippen LogP contribution in [0.25, 0.3) is 33.5 Å². The second kappa shape index (κ2) is 15.7. The molecule has 0 radical (unpaired) electrons. The fraction of sp³-hybridized carbons (Fsp3) is 0.233. The van der Waals surface area contributed by atoms with Gasteiger partial charge in [0.1, 0.15) is 0 Å². The van der Waals surface area contributed by atoms with Gasteiger partial charge in [-0.05, 0) is 71.1 Å². The van der Waals surface area contributed by atoms with Gasteiger partial charge in [-0.3, -0.25) is 14.9 Å². The molecule has 1 aliphatic heterocycles. The molecule has 3 aromatic carbocycles. The summed E-state index contributed by atoms with van der Waals surface area (Å²) in [4.78, 5) is 27.3. The van der Waals surface area contributed by atoms with Gasteiger partial charge >= 0.3 is 0 Å². The Hall–Kier alpha value is -6.23. The molecule has 1 aliphatic rings. The summed E-state index contributed by atoms with van der Waals surface area (Å²) in [5, 5.41) is 45.1. The number of carbonyl (C=O) groups is 2. The zero-order chi connectivity index (χ0) is 33.0. The van der Waals surface area contributed by atoms with E-state index in [1.54, 1.807) is 13.0 Å². The summed E-state index contributed by atoms with van der Waals surface area (Å²) in [6.45, 7) is 7.25. The average molecular weight is 636 g/mol. The largest absolute Gasteiger partial charge is 0.336 e. The Balaban J connectivity index is 0.000000145. The van der Waals surface area contributed by atoms with Gasteiger partial charge in [-0.1, -0.05) is 59.7 Å². The molecule has 0 unspecified atom stereocenters. The number of anilines is 1. The number of aromatic amines is 3. The van der Waals surface area contributed by atoms with Crippen LogP contribution in [0.15, 0.2) is 72.8 Å². The third-order valence-corrected chi connectivity index (χ3v) is 7.15. The lowest BCUT2D eigenvalue weighted by molar-refractivity contribution is -0.112. The van der Waals surface area contributed by atoms with Gasteiger partial charge in [-0.2, -0.15) is 15.6 Å². The summed E-state index contributed by atoms with van der Waals surface area (Å²) < 4.78 is 0. The summed E-state index contributed by atoms with van der Waals surface area (Å²) in [7, 11) is 2.07. The van der Waals surface area contributed by atoms with Crippen molar-refractivity contribution in [2.45, 2.75) is 13.8 Å². The van der Waals surface area contributed by atoms with Gasteiger partial charge in [0.15, 0.2) is 0 Å². The molecule has 0 saturated carbocycles. The first kappa shape index (κ1) is 32.2. The molecule has 0 spiro atoms. The first-order valence-corrected chi connectivity index (χ1v) is 14.6. The van der Waals surface area contributed by atoms with Crippen LogP contribution in [0.5, 0.6) is 0 Å². The molecular weight excluding hydrogens is 602 g/mol. The number of hydrogen-bond donors (Lipinski definition) is 4. The second-order valence-electron chi connectivity index (χ2n) is 10.3. The van der Waals surface area contributed by atoms with Crippen LogP contribution in [-0.2, 0) is 4.79 Å². The van der Waals surface area contributed by atoms with E-state index in [0.29, 0.717) is 17.2 Å². The lowest BCUT2D eigenvalue weighted by Gasteiger charge is -2.32.